The summed E-state index contributed by atoms with van der Waals surface area (Å²) in [4.78, 5) is 65.5. The van der Waals surface area contributed by atoms with Gasteiger partial charge in [-0.1, -0.05) is 39.0 Å². The predicted octanol–water partition coefficient (Wildman–Crippen LogP) is 2.98. The van der Waals surface area contributed by atoms with Crippen LogP contribution < -0.4 is 0 Å². The normalized spacial score (nSPS) is 39.8. The summed E-state index contributed by atoms with van der Waals surface area (Å²) in [5.74, 6) is -3.31. The lowest BCUT2D eigenvalue weighted by atomic mass is 9.83. The number of aliphatic hydroxyl groups is 2. The van der Waals surface area contributed by atoms with Crippen molar-refractivity contribution in [3.05, 3.63) is 24.3 Å². The highest BCUT2D eigenvalue weighted by atomic mass is 16.7. The van der Waals surface area contributed by atoms with Crippen LogP contribution in [0.5, 0.6) is 0 Å². The molecule has 57 heavy (non-hydrogen) atoms. The quantitative estimate of drug-likeness (QED) is 0.165. The number of ketones is 1. The number of aldehydes is 1. The van der Waals surface area contributed by atoms with Gasteiger partial charge in [0.15, 0.2) is 24.5 Å². The molecule has 0 aromatic carbocycles. The molecule has 3 rings (SSSR count). The lowest BCUT2D eigenvalue weighted by Gasteiger charge is -2.50. The van der Waals surface area contributed by atoms with Crippen molar-refractivity contribution in [2.24, 2.45) is 11.8 Å². The van der Waals surface area contributed by atoms with Gasteiger partial charge in [0.2, 0.25) is 0 Å². The predicted molar refractivity (Wildman–Crippen MR) is 204 cm³/mol. The number of hydrogen-bond donors (Lipinski definition) is 2. The number of rotatable bonds is 12. The number of nitrogens with zero attached hydrogens (tertiary/aromatic N) is 1. The molecule has 2 N–H and O–H groups in total. The Labute approximate surface area is 336 Å². The summed E-state index contributed by atoms with van der Waals surface area (Å²) in [6, 6.07) is -0.793. The van der Waals surface area contributed by atoms with E-state index < -0.39 is 115 Å². The molecule has 3 aliphatic rings. The number of cyclic esters (lactones) is 1. The number of carbonyl (C=O) groups excluding carboxylic acids is 5. The second-order valence-electron chi connectivity index (χ2n) is 15.8. The third-order valence-electron chi connectivity index (χ3n) is 10.7. The van der Waals surface area contributed by atoms with Crippen LogP contribution in [0.3, 0.4) is 0 Å². The number of carbonyl (C=O) groups is 5. The zero-order chi connectivity index (χ0) is 42.6. The molecule has 0 spiro atoms. The molecule has 3 heterocycles. The second-order valence-corrected chi connectivity index (χ2v) is 15.8. The summed E-state index contributed by atoms with van der Waals surface area (Å²) in [5, 5.41) is 23.4. The first-order valence-electron chi connectivity index (χ1n) is 20.0. The van der Waals surface area contributed by atoms with Crippen molar-refractivity contribution in [2.75, 3.05) is 21.2 Å². The maximum Gasteiger partial charge on any atom is 0.309 e. The number of hydrogen-bond acceptors (Lipinski definition) is 16. The van der Waals surface area contributed by atoms with Gasteiger partial charge in [0.25, 0.3) is 0 Å². The Kier molecular flexibility index (Phi) is 18.9. The van der Waals surface area contributed by atoms with Gasteiger partial charge in [-0.25, -0.2) is 0 Å². The van der Waals surface area contributed by atoms with Gasteiger partial charge in [-0.15, -0.1) is 0 Å². The van der Waals surface area contributed by atoms with E-state index in [0.29, 0.717) is 12.7 Å². The molecule has 3 aliphatic heterocycles. The SMILES string of the molecule is CCC(=O)O[C@@H]1CC(=O)O[C@H](C)C/C=C/C=C/C(=O)[C@H](C)C[C@H](CC=O)[C@H](O[C@@H]2O[C@@H](C)[C@@H](O[C@@H]3C[C@@](C)(O)[C@@H](OC(=O)CC)[C@H](C)O3)[C@H](N(C)C)[C@@H]2O)[C@H]1OC. The Bertz CT molecular complexity index is 1400. The molecule has 2 fully saturated rings. The van der Waals surface area contributed by atoms with Gasteiger partial charge in [-0.2, -0.15) is 0 Å². The molecule has 324 valence electrons. The summed E-state index contributed by atoms with van der Waals surface area (Å²) in [6.45, 7) is 11.6. The van der Waals surface area contributed by atoms with Gasteiger partial charge in [0.1, 0.15) is 42.4 Å². The standard InChI is InChI=1S/C41H65NO15/c1-11-30(45)54-29-21-32(47)51-24(4)16-14-13-15-17-28(44)23(3)20-27(18-19-43)37(38(29)50-10)57-40-35(48)34(42(8)9)36(25(5)53-40)56-33-22-41(7,49)39(26(6)52-33)55-31(46)12-2/h13-15,17,19,23-27,29,33-40,48-49H,11-12,16,18,20-22H2,1-10H3/b14-13+,17-15+/t23-,24-,25+,26+,27+,29-,33-,34-,35+,36-,37+,38+,39+,40+,41-/m1/s1. The summed E-state index contributed by atoms with van der Waals surface area (Å²) in [5.41, 5.74) is -1.50. The van der Waals surface area contributed by atoms with Crippen molar-refractivity contribution in [1.29, 1.82) is 0 Å². The van der Waals surface area contributed by atoms with Gasteiger partial charge >= 0.3 is 17.9 Å². The fraction of sp³-hybridized carbons (Fsp3) is 0.780. The number of aliphatic hydroxyl groups excluding tert-OH is 1. The van der Waals surface area contributed by atoms with Crippen LogP contribution >= 0.6 is 0 Å². The number of allylic oxidation sites excluding steroid dienone is 3. The van der Waals surface area contributed by atoms with Gasteiger partial charge in [-0.05, 0) is 60.2 Å². The first-order valence-corrected chi connectivity index (χ1v) is 20.0. The summed E-state index contributed by atoms with van der Waals surface area (Å²) >= 11 is 0. The molecule has 16 nitrogen and oxygen atoms in total. The second kappa shape index (κ2) is 22.3. The fourth-order valence-electron chi connectivity index (χ4n) is 7.72. The Balaban J connectivity index is 2.02. The molecule has 15 atom stereocenters. The minimum Gasteiger partial charge on any atom is -0.462 e. The van der Waals surface area contributed by atoms with E-state index in [9.17, 15) is 34.2 Å². The Morgan fingerprint density at radius 3 is 2.23 bits per heavy atom. The molecule has 0 aromatic heterocycles. The van der Waals surface area contributed by atoms with E-state index in [0.717, 1.165) is 0 Å². The number of likely N-dealkylation sites (N-methyl/N-ethyl adjacent to an activating group) is 1. The zero-order valence-corrected chi connectivity index (χ0v) is 35.1. The topological polar surface area (TPSA) is 203 Å². The number of ether oxygens (including phenoxy) is 8. The summed E-state index contributed by atoms with van der Waals surface area (Å²) < 4.78 is 48.4. The van der Waals surface area contributed by atoms with Crippen LogP contribution in [0.1, 0.15) is 93.4 Å². The first-order chi connectivity index (χ1) is 26.9. The number of esters is 3. The summed E-state index contributed by atoms with van der Waals surface area (Å²) in [7, 11) is 4.83. The lowest BCUT2D eigenvalue weighted by Crippen LogP contribution is -2.66. The largest absolute Gasteiger partial charge is 0.462 e. The molecule has 0 aliphatic carbocycles. The van der Waals surface area contributed by atoms with E-state index in [-0.39, 0.29) is 37.9 Å². The van der Waals surface area contributed by atoms with Crippen molar-refractivity contribution >= 4 is 30.0 Å². The third kappa shape index (κ3) is 13.5. The minimum atomic E-state index is -1.50. The van der Waals surface area contributed by atoms with Gasteiger partial charge in [-0.3, -0.25) is 19.2 Å². The average Bonchev–Trinajstić information content (AvgIpc) is 3.13. The van der Waals surface area contributed by atoms with Crippen molar-refractivity contribution < 1.29 is 72.1 Å². The van der Waals surface area contributed by atoms with Gasteiger partial charge < -0.3 is 57.8 Å². The Morgan fingerprint density at radius 2 is 1.63 bits per heavy atom. The molecule has 16 heteroatoms. The molecular weight excluding hydrogens is 746 g/mol. The van der Waals surface area contributed by atoms with Crippen molar-refractivity contribution in [3.63, 3.8) is 0 Å². The Hall–Kier alpha value is -3.09. The van der Waals surface area contributed by atoms with Gasteiger partial charge in [0.05, 0.1) is 30.8 Å². The van der Waals surface area contributed by atoms with Crippen LogP contribution in [0.2, 0.25) is 0 Å². The van der Waals surface area contributed by atoms with Crippen molar-refractivity contribution in [2.45, 2.75) is 173 Å². The maximum atomic E-state index is 13.3. The van der Waals surface area contributed by atoms with Crippen LogP contribution in [-0.2, 0) is 61.9 Å². The molecule has 2 saturated heterocycles. The smallest absolute Gasteiger partial charge is 0.309 e. The van der Waals surface area contributed by atoms with Crippen LogP contribution in [-0.4, -0.2) is 145 Å². The third-order valence-corrected chi connectivity index (χ3v) is 10.7. The van der Waals surface area contributed by atoms with Crippen LogP contribution in [0.4, 0.5) is 0 Å². The summed E-state index contributed by atoms with van der Waals surface area (Å²) in [6.07, 6.45) is -4.01. The molecule has 0 bridgehead atoms. The average molecular weight is 812 g/mol. The van der Waals surface area contributed by atoms with Crippen molar-refractivity contribution in [1.82, 2.24) is 4.90 Å². The zero-order valence-electron chi connectivity index (χ0n) is 35.1. The van der Waals surface area contributed by atoms with Crippen LogP contribution in [0.15, 0.2) is 24.3 Å². The molecule has 0 unspecified atom stereocenters. The monoisotopic (exact) mass is 811 g/mol. The van der Waals surface area contributed by atoms with E-state index in [1.54, 1.807) is 85.7 Å². The van der Waals surface area contributed by atoms with E-state index in [1.165, 1.54) is 13.2 Å². The van der Waals surface area contributed by atoms with E-state index in [4.69, 9.17) is 37.9 Å². The first kappa shape index (κ1) is 48.3. The Morgan fingerprint density at radius 1 is 0.965 bits per heavy atom. The van der Waals surface area contributed by atoms with E-state index >= 15 is 0 Å². The highest BCUT2D eigenvalue weighted by Gasteiger charge is 2.53. The van der Waals surface area contributed by atoms with Gasteiger partial charge in [0, 0.05) is 45.1 Å². The fourth-order valence-corrected chi connectivity index (χ4v) is 7.72. The van der Waals surface area contributed by atoms with Crippen LogP contribution in [0, 0.1) is 11.8 Å². The molecule has 0 saturated carbocycles. The molecular formula is C41H65NO15. The molecule has 0 radical (unpaired) electrons. The number of methoxy groups -OCH3 is 1. The van der Waals surface area contributed by atoms with E-state index in [2.05, 4.69) is 0 Å². The van der Waals surface area contributed by atoms with E-state index in [1.807, 2.05) is 0 Å². The minimum absolute atomic E-state index is 0.0122. The molecule has 0 amide bonds. The molecule has 0 aromatic rings. The highest BCUT2D eigenvalue weighted by Crippen LogP contribution is 2.37. The lowest BCUT2D eigenvalue weighted by molar-refractivity contribution is -0.344. The highest BCUT2D eigenvalue weighted by molar-refractivity contribution is 5.91. The maximum absolute atomic E-state index is 13.3. The van der Waals surface area contributed by atoms with Crippen molar-refractivity contribution in [3.8, 4) is 0 Å². The van der Waals surface area contributed by atoms with Crippen LogP contribution in [0.25, 0.3) is 0 Å².